The van der Waals surface area contributed by atoms with Crippen LogP contribution in [0.2, 0.25) is 0 Å². The van der Waals surface area contributed by atoms with Crippen molar-refractivity contribution in [3.63, 3.8) is 0 Å². The molecule has 0 aromatic rings. The molecule has 10 heavy (non-hydrogen) atoms. The molecule has 4 nitrogen and oxygen atoms in total. The summed E-state index contributed by atoms with van der Waals surface area (Å²) in [5.41, 5.74) is 0. The van der Waals surface area contributed by atoms with E-state index in [1.165, 1.54) is 0 Å². The van der Waals surface area contributed by atoms with Crippen molar-refractivity contribution in [2.45, 2.75) is 37.3 Å². The molecule has 0 heterocycles. The third-order valence-electron chi connectivity index (χ3n) is 1.90. The molecule has 0 spiro atoms. The van der Waals surface area contributed by atoms with E-state index < -0.39 is 24.4 Å². The highest BCUT2D eigenvalue weighted by Gasteiger charge is 2.34. The SMILES string of the molecule is O[C@@H]1[C@H](O)[C@H](O)CC[C@H]1O. The number of aliphatic hydroxyl groups is 4. The molecule has 4 N–H and O–H groups in total. The van der Waals surface area contributed by atoms with Crippen molar-refractivity contribution in [2.24, 2.45) is 0 Å². The van der Waals surface area contributed by atoms with Crippen LogP contribution in [0.1, 0.15) is 12.8 Å². The highest BCUT2D eigenvalue weighted by molar-refractivity contribution is 4.86. The normalized spacial score (nSPS) is 49.2. The number of hydrogen-bond donors (Lipinski definition) is 4. The molecule has 1 rings (SSSR count). The van der Waals surface area contributed by atoms with Crippen LogP contribution in [0, 0.1) is 0 Å². The topological polar surface area (TPSA) is 80.9 Å². The Balaban J connectivity index is 2.52. The van der Waals surface area contributed by atoms with Gasteiger partial charge in [-0.05, 0) is 12.8 Å². The van der Waals surface area contributed by atoms with Crippen LogP contribution in [0.5, 0.6) is 0 Å². The predicted molar refractivity (Wildman–Crippen MR) is 33.3 cm³/mol. The van der Waals surface area contributed by atoms with E-state index in [0.29, 0.717) is 12.8 Å². The Hall–Kier alpha value is -0.160. The lowest BCUT2D eigenvalue weighted by Gasteiger charge is -2.31. The van der Waals surface area contributed by atoms with Gasteiger partial charge in [-0.3, -0.25) is 0 Å². The van der Waals surface area contributed by atoms with Crippen molar-refractivity contribution < 1.29 is 20.4 Å². The summed E-state index contributed by atoms with van der Waals surface area (Å²) in [6, 6.07) is 0. The second-order valence-electron chi connectivity index (χ2n) is 2.69. The number of hydrogen-bond acceptors (Lipinski definition) is 4. The van der Waals surface area contributed by atoms with Crippen LogP contribution in [0.4, 0.5) is 0 Å². The van der Waals surface area contributed by atoms with Crippen LogP contribution in [0.25, 0.3) is 0 Å². The van der Waals surface area contributed by atoms with Gasteiger partial charge in [-0.2, -0.15) is 0 Å². The second kappa shape index (κ2) is 2.84. The van der Waals surface area contributed by atoms with E-state index in [1.807, 2.05) is 0 Å². The number of rotatable bonds is 0. The van der Waals surface area contributed by atoms with Crippen LogP contribution in [0.15, 0.2) is 0 Å². The molecule has 0 unspecified atom stereocenters. The van der Waals surface area contributed by atoms with Gasteiger partial charge in [-0.1, -0.05) is 0 Å². The largest absolute Gasteiger partial charge is 0.390 e. The maximum atomic E-state index is 8.96. The number of aliphatic hydroxyl groups excluding tert-OH is 4. The molecule has 0 aromatic carbocycles. The van der Waals surface area contributed by atoms with E-state index in [9.17, 15) is 0 Å². The lowest BCUT2D eigenvalue weighted by molar-refractivity contribution is -0.135. The first kappa shape index (κ1) is 7.94. The van der Waals surface area contributed by atoms with Gasteiger partial charge in [-0.25, -0.2) is 0 Å². The third kappa shape index (κ3) is 1.29. The Morgan fingerprint density at radius 2 is 1.00 bits per heavy atom. The first-order valence-corrected chi connectivity index (χ1v) is 3.35. The van der Waals surface area contributed by atoms with Crippen molar-refractivity contribution >= 4 is 0 Å². The molecule has 0 bridgehead atoms. The van der Waals surface area contributed by atoms with Crippen LogP contribution in [-0.4, -0.2) is 44.8 Å². The maximum Gasteiger partial charge on any atom is 0.108 e. The van der Waals surface area contributed by atoms with Gasteiger partial charge in [-0.15, -0.1) is 0 Å². The summed E-state index contributed by atoms with van der Waals surface area (Å²) in [5.74, 6) is 0. The van der Waals surface area contributed by atoms with E-state index in [4.69, 9.17) is 20.4 Å². The average molecular weight is 148 g/mol. The van der Waals surface area contributed by atoms with Crippen molar-refractivity contribution in [1.82, 2.24) is 0 Å². The van der Waals surface area contributed by atoms with Gasteiger partial charge >= 0.3 is 0 Å². The van der Waals surface area contributed by atoms with Crippen molar-refractivity contribution in [2.75, 3.05) is 0 Å². The Kier molecular flexibility index (Phi) is 2.25. The smallest absolute Gasteiger partial charge is 0.108 e. The van der Waals surface area contributed by atoms with E-state index in [0.717, 1.165) is 0 Å². The van der Waals surface area contributed by atoms with E-state index >= 15 is 0 Å². The van der Waals surface area contributed by atoms with Crippen LogP contribution < -0.4 is 0 Å². The first-order valence-electron chi connectivity index (χ1n) is 3.35. The molecule has 4 atom stereocenters. The summed E-state index contributed by atoms with van der Waals surface area (Å²) >= 11 is 0. The standard InChI is InChI=1S/C6H12O4/c7-3-1-2-4(8)6(10)5(3)9/h3-10H,1-2H2/t3-,4-,5-,6+/m1/s1. The Bertz CT molecular complexity index is 102. The van der Waals surface area contributed by atoms with Crippen molar-refractivity contribution in [1.29, 1.82) is 0 Å². The van der Waals surface area contributed by atoms with Gasteiger partial charge in [0.25, 0.3) is 0 Å². The molecule has 1 aliphatic carbocycles. The minimum absolute atomic E-state index is 0.347. The minimum atomic E-state index is -1.19. The highest BCUT2D eigenvalue weighted by Crippen LogP contribution is 2.19. The van der Waals surface area contributed by atoms with Gasteiger partial charge < -0.3 is 20.4 Å². The van der Waals surface area contributed by atoms with Crippen LogP contribution in [-0.2, 0) is 0 Å². The first-order chi connectivity index (χ1) is 4.63. The Labute approximate surface area is 58.7 Å². The van der Waals surface area contributed by atoms with Crippen molar-refractivity contribution in [3.8, 4) is 0 Å². The minimum Gasteiger partial charge on any atom is -0.390 e. The van der Waals surface area contributed by atoms with Gasteiger partial charge in [0.1, 0.15) is 12.2 Å². The fourth-order valence-corrected chi connectivity index (χ4v) is 1.14. The molecular formula is C6H12O4. The maximum absolute atomic E-state index is 8.96. The van der Waals surface area contributed by atoms with E-state index in [1.54, 1.807) is 0 Å². The van der Waals surface area contributed by atoms with Crippen LogP contribution in [0.3, 0.4) is 0 Å². The second-order valence-corrected chi connectivity index (χ2v) is 2.69. The van der Waals surface area contributed by atoms with Crippen molar-refractivity contribution in [3.05, 3.63) is 0 Å². The molecule has 0 amide bonds. The fourth-order valence-electron chi connectivity index (χ4n) is 1.14. The van der Waals surface area contributed by atoms with E-state index in [2.05, 4.69) is 0 Å². The Morgan fingerprint density at radius 1 is 0.700 bits per heavy atom. The van der Waals surface area contributed by atoms with Gasteiger partial charge in [0.2, 0.25) is 0 Å². The van der Waals surface area contributed by atoms with Crippen LogP contribution >= 0.6 is 0 Å². The lowest BCUT2D eigenvalue weighted by atomic mass is 9.90. The quantitative estimate of drug-likeness (QED) is 0.327. The average Bonchev–Trinajstić information content (AvgIpc) is 1.93. The molecule has 60 valence electrons. The lowest BCUT2D eigenvalue weighted by Crippen LogP contribution is -2.48. The summed E-state index contributed by atoms with van der Waals surface area (Å²) in [6.45, 7) is 0. The molecule has 0 aliphatic heterocycles. The molecule has 0 saturated heterocycles. The Morgan fingerprint density at radius 3 is 1.30 bits per heavy atom. The zero-order chi connectivity index (χ0) is 7.72. The summed E-state index contributed by atoms with van der Waals surface area (Å²) in [4.78, 5) is 0. The molecule has 4 heteroatoms. The fraction of sp³-hybridized carbons (Fsp3) is 1.00. The molecule has 1 fully saturated rings. The summed E-state index contributed by atoms with van der Waals surface area (Å²) in [6.07, 6.45) is -3.47. The van der Waals surface area contributed by atoms with E-state index in [-0.39, 0.29) is 0 Å². The highest BCUT2D eigenvalue weighted by atomic mass is 16.4. The summed E-state index contributed by atoms with van der Waals surface area (Å²) in [7, 11) is 0. The van der Waals surface area contributed by atoms with Gasteiger partial charge in [0.05, 0.1) is 12.2 Å². The zero-order valence-electron chi connectivity index (χ0n) is 5.51. The molecule has 1 saturated carbocycles. The van der Waals surface area contributed by atoms with Gasteiger partial charge in [0, 0.05) is 0 Å². The predicted octanol–water partition coefficient (Wildman–Crippen LogP) is -1.78. The molecule has 0 aromatic heterocycles. The molecular weight excluding hydrogens is 136 g/mol. The molecule has 0 radical (unpaired) electrons. The van der Waals surface area contributed by atoms with Gasteiger partial charge in [0.15, 0.2) is 0 Å². The monoisotopic (exact) mass is 148 g/mol. The summed E-state index contributed by atoms with van der Waals surface area (Å²) in [5, 5.41) is 35.8. The zero-order valence-corrected chi connectivity index (χ0v) is 5.51. The third-order valence-corrected chi connectivity index (χ3v) is 1.90. The summed E-state index contributed by atoms with van der Waals surface area (Å²) < 4.78 is 0. The molecule has 1 aliphatic rings.